The standard InChI is InChI=1S/C26H31FN6O4/c1-16(17-8-4-3-5-9-17)37-21-13-20(33-26(35)32-11-7-6-10-23(32)31-33)19(27)12-18(21)25(34)30-24-22(36-2)14-28-15-29-24/h12-17H,3-11H2,1-2H3,(H,28,29,30,34). The van der Waals surface area contributed by atoms with E-state index in [2.05, 4.69) is 20.4 Å². The number of aromatic nitrogens is 5. The van der Waals surface area contributed by atoms with Crippen molar-refractivity contribution in [1.29, 1.82) is 0 Å². The van der Waals surface area contributed by atoms with Crippen molar-refractivity contribution in [2.75, 3.05) is 12.4 Å². The van der Waals surface area contributed by atoms with Crippen LogP contribution in [0.1, 0.15) is 68.1 Å². The zero-order valence-corrected chi connectivity index (χ0v) is 21.1. The topological polar surface area (TPSA) is 113 Å². The number of benzene rings is 1. The Kier molecular flexibility index (Phi) is 7.20. The van der Waals surface area contributed by atoms with Gasteiger partial charge in [0.1, 0.15) is 29.4 Å². The molecule has 1 unspecified atom stereocenters. The maximum absolute atomic E-state index is 15.5. The van der Waals surface area contributed by atoms with E-state index < -0.39 is 17.4 Å². The summed E-state index contributed by atoms with van der Waals surface area (Å²) >= 11 is 0. The number of hydrogen-bond donors (Lipinski definition) is 1. The van der Waals surface area contributed by atoms with Gasteiger partial charge in [0.15, 0.2) is 11.6 Å². The average molecular weight is 511 g/mol. The van der Waals surface area contributed by atoms with E-state index in [-0.39, 0.29) is 34.7 Å². The van der Waals surface area contributed by atoms with Crippen LogP contribution in [0, 0.1) is 11.7 Å². The highest BCUT2D eigenvalue weighted by Crippen LogP contribution is 2.33. The molecule has 196 valence electrons. The monoisotopic (exact) mass is 510 g/mol. The van der Waals surface area contributed by atoms with Crippen LogP contribution in [0.25, 0.3) is 5.69 Å². The van der Waals surface area contributed by atoms with Crippen LogP contribution in [0.3, 0.4) is 0 Å². The van der Waals surface area contributed by atoms with Crippen molar-refractivity contribution in [2.45, 2.75) is 70.9 Å². The largest absolute Gasteiger partial charge is 0.491 e. The maximum atomic E-state index is 15.5. The number of amides is 1. The molecule has 1 atom stereocenters. The van der Waals surface area contributed by atoms with Gasteiger partial charge < -0.3 is 14.8 Å². The average Bonchev–Trinajstić information content (AvgIpc) is 3.26. The van der Waals surface area contributed by atoms with Gasteiger partial charge in [-0.05, 0) is 44.6 Å². The van der Waals surface area contributed by atoms with Crippen molar-refractivity contribution in [3.8, 4) is 17.2 Å². The normalized spacial score (nSPS) is 16.6. The first kappa shape index (κ1) is 24.9. The molecule has 5 rings (SSSR count). The van der Waals surface area contributed by atoms with Gasteiger partial charge >= 0.3 is 5.69 Å². The number of halogens is 1. The van der Waals surface area contributed by atoms with E-state index in [4.69, 9.17) is 9.47 Å². The van der Waals surface area contributed by atoms with Gasteiger partial charge in [-0.15, -0.1) is 5.10 Å². The molecule has 1 aromatic carbocycles. The summed E-state index contributed by atoms with van der Waals surface area (Å²) in [5.41, 5.74) is -0.460. The number of nitrogens with zero attached hydrogens (tertiary/aromatic N) is 5. The van der Waals surface area contributed by atoms with Crippen molar-refractivity contribution < 1.29 is 18.7 Å². The van der Waals surface area contributed by atoms with Crippen LogP contribution < -0.4 is 20.5 Å². The number of rotatable bonds is 7. The van der Waals surface area contributed by atoms with Crippen LogP contribution in [0.2, 0.25) is 0 Å². The Morgan fingerprint density at radius 3 is 2.73 bits per heavy atom. The molecule has 2 aromatic heterocycles. The first-order chi connectivity index (χ1) is 18.0. The molecule has 1 aliphatic carbocycles. The van der Waals surface area contributed by atoms with Gasteiger partial charge in [-0.2, -0.15) is 4.68 Å². The molecule has 0 bridgehead atoms. The smallest absolute Gasteiger partial charge is 0.350 e. The predicted octanol–water partition coefficient (Wildman–Crippen LogP) is 3.91. The number of ether oxygens (including phenoxy) is 2. The van der Waals surface area contributed by atoms with Crippen LogP contribution in [0.4, 0.5) is 10.2 Å². The molecule has 3 aromatic rings. The maximum Gasteiger partial charge on any atom is 0.350 e. The van der Waals surface area contributed by atoms with Crippen molar-refractivity contribution in [3.05, 3.63) is 52.3 Å². The number of methoxy groups -OCH3 is 1. The number of anilines is 1. The van der Waals surface area contributed by atoms with E-state index in [1.807, 2.05) is 6.92 Å². The number of fused-ring (bicyclic) bond motifs is 1. The summed E-state index contributed by atoms with van der Waals surface area (Å²) in [5.74, 6) is 0.171. The molecule has 2 aliphatic rings. The van der Waals surface area contributed by atoms with Gasteiger partial charge in [-0.25, -0.2) is 19.2 Å². The predicted molar refractivity (Wildman–Crippen MR) is 134 cm³/mol. The quantitative estimate of drug-likeness (QED) is 0.513. The molecule has 1 aliphatic heterocycles. The lowest BCUT2D eigenvalue weighted by atomic mass is 9.86. The third-order valence-corrected chi connectivity index (χ3v) is 7.25. The second-order valence-corrected chi connectivity index (χ2v) is 9.63. The van der Waals surface area contributed by atoms with Gasteiger partial charge in [0.2, 0.25) is 0 Å². The fourth-order valence-electron chi connectivity index (χ4n) is 5.17. The van der Waals surface area contributed by atoms with Crippen LogP contribution in [-0.4, -0.2) is 43.4 Å². The molecule has 1 N–H and O–H groups in total. The fraction of sp³-hybridized carbons (Fsp3) is 0.500. The molecule has 37 heavy (non-hydrogen) atoms. The molecule has 1 saturated carbocycles. The second kappa shape index (κ2) is 10.7. The second-order valence-electron chi connectivity index (χ2n) is 9.63. The third kappa shape index (κ3) is 5.07. The van der Waals surface area contributed by atoms with Crippen LogP contribution in [-0.2, 0) is 13.0 Å². The van der Waals surface area contributed by atoms with E-state index in [0.717, 1.165) is 49.3 Å². The lowest BCUT2D eigenvalue weighted by Crippen LogP contribution is -2.28. The Morgan fingerprint density at radius 1 is 1.16 bits per heavy atom. The summed E-state index contributed by atoms with van der Waals surface area (Å²) in [4.78, 5) is 34.3. The minimum absolute atomic E-state index is 0.0124. The van der Waals surface area contributed by atoms with E-state index in [1.165, 1.54) is 32.1 Å². The molecule has 1 amide bonds. The zero-order chi connectivity index (χ0) is 25.9. The van der Waals surface area contributed by atoms with Crippen molar-refractivity contribution in [2.24, 2.45) is 5.92 Å². The third-order valence-electron chi connectivity index (χ3n) is 7.25. The molecule has 1 fully saturated rings. The minimum atomic E-state index is -0.755. The Balaban J connectivity index is 1.54. The summed E-state index contributed by atoms with van der Waals surface area (Å²) in [5, 5.41) is 7.05. The molecule has 3 heterocycles. The molecule has 10 nitrogen and oxygen atoms in total. The van der Waals surface area contributed by atoms with Crippen molar-refractivity contribution in [3.63, 3.8) is 0 Å². The van der Waals surface area contributed by atoms with Gasteiger partial charge in [0, 0.05) is 19.0 Å². The summed E-state index contributed by atoms with van der Waals surface area (Å²) in [6.07, 6.45) is 10.5. The Morgan fingerprint density at radius 2 is 1.97 bits per heavy atom. The van der Waals surface area contributed by atoms with Crippen molar-refractivity contribution >= 4 is 11.7 Å². The van der Waals surface area contributed by atoms with Crippen LogP contribution in [0.5, 0.6) is 11.5 Å². The van der Waals surface area contributed by atoms with Gasteiger partial charge in [0.05, 0.1) is 25.0 Å². The van der Waals surface area contributed by atoms with E-state index in [0.29, 0.717) is 24.7 Å². The molecular formula is C26H31FN6O4. The van der Waals surface area contributed by atoms with E-state index >= 15 is 4.39 Å². The van der Waals surface area contributed by atoms with E-state index in [1.54, 1.807) is 4.57 Å². The molecule has 0 radical (unpaired) electrons. The number of carbonyl (C=O) groups is 1. The molecule has 0 saturated heterocycles. The Labute approximate surface area is 213 Å². The molecule has 11 heteroatoms. The van der Waals surface area contributed by atoms with Gasteiger partial charge in [0.25, 0.3) is 5.91 Å². The minimum Gasteiger partial charge on any atom is -0.491 e. The van der Waals surface area contributed by atoms with E-state index in [9.17, 15) is 9.59 Å². The lowest BCUT2D eigenvalue weighted by molar-refractivity contribution is 0.0996. The summed E-state index contributed by atoms with van der Waals surface area (Å²) in [6, 6.07) is 2.49. The van der Waals surface area contributed by atoms with Crippen LogP contribution >= 0.6 is 0 Å². The highest BCUT2D eigenvalue weighted by Gasteiger charge is 2.27. The zero-order valence-electron chi connectivity index (χ0n) is 21.1. The number of nitrogens with one attached hydrogen (secondary N) is 1. The fourth-order valence-corrected chi connectivity index (χ4v) is 5.17. The number of aryl methyl sites for hydroxylation is 1. The molecule has 0 spiro atoms. The molecular weight excluding hydrogens is 479 g/mol. The SMILES string of the molecule is COc1cncnc1NC(=O)c1cc(F)c(-n2nc3n(c2=O)CCCC3)cc1OC(C)C1CCCCC1. The lowest BCUT2D eigenvalue weighted by Gasteiger charge is -2.29. The van der Waals surface area contributed by atoms with Gasteiger partial charge in [-0.3, -0.25) is 9.36 Å². The highest BCUT2D eigenvalue weighted by atomic mass is 19.1. The summed E-state index contributed by atoms with van der Waals surface area (Å²) in [7, 11) is 1.44. The summed E-state index contributed by atoms with van der Waals surface area (Å²) in [6.45, 7) is 2.52. The van der Waals surface area contributed by atoms with Crippen LogP contribution in [0.15, 0.2) is 29.5 Å². The first-order valence-corrected chi connectivity index (χ1v) is 12.8. The highest BCUT2D eigenvalue weighted by molar-refractivity contribution is 6.06. The van der Waals surface area contributed by atoms with Crippen molar-refractivity contribution in [1.82, 2.24) is 24.3 Å². The Hall–Kier alpha value is -3.76. The number of carbonyl (C=O) groups excluding carboxylic acids is 1. The number of hydrogen-bond acceptors (Lipinski definition) is 7. The first-order valence-electron chi connectivity index (χ1n) is 12.8. The van der Waals surface area contributed by atoms with Gasteiger partial charge in [-0.1, -0.05) is 19.3 Å². The summed E-state index contributed by atoms with van der Waals surface area (Å²) < 4.78 is 29.7. The Bertz CT molecular complexity index is 1350.